The van der Waals surface area contributed by atoms with Crippen LogP contribution >= 0.6 is 23.2 Å². The molecule has 2 rings (SSSR count). The lowest BCUT2D eigenvalue weighted by molar-refractivity contribution is -0.140. The number of hydrogen-bond donors (Lipinski definition) is 1. The molecule has 0 spiro atoms. The van der Waals surface area contributed by atoms with E-state index in [1.54, 1.807) is 49.4 Å². The average molecular weight is 543 g/mol. The summed E-state index contributed by atoms with van der Waals surface area (Å²) in [6, 6.07) is 13.0. The van der Waals surface area contributed by atoms with Crippen LogP contribution in [0.5, 0.6) is 0 Å². The number of nitrogens with one attached hydrogen (secondary N) is 1. The van der Waals surface area contributed by atoms with Gasteiger partial charge in [-0.05, 0) is 55.2 Å². The lowest BCUT2D eigenvalue weighted by Gasteiger charge is -2.29. The molecular formula is C25H33Cl2N3O4S. The molecule has 0 aliphatic heterocycles. The van der Waals surface area contributed by atoms with Crippen molar-refractivity contribution in [1.82, 2.24) is 10.2 Å². The molecule has 0 heterocycles. The van der Waals surface area contributed by atoms with Gasteiger partial charge in [0.25, 0.3) is 0 Å². The number of carbonyl (C=O) groups excluding carboxylic acids is 2. The van der Waals surface area contributed by atoms with Gasteiger partial charge in [-0.25, -0.2) is 8.42 Å². The first kappa shape index (κ1) is 28.9. The van der Waals surface area contributed by atoms with Crippen molar-refractivity contribution in [3.05, 3.63) is 64.1 Å². The molecule has 0 unspecified atom stereocenters. The highest BCUT2D eigenvalue weighted by molar-refractivity contribution is 7.92. The van der Waals surface area contributed by atoms with E-state index in [0.717, 1.165) is 11.8 Å². The largest absolute Gasteiger partial charge is 0.354 e. The highest BCUT2D eigenvalue weighted by Crippen LogP contribution is 2.23. The molecule has 7 nitrogen and oxygen atoms in total. The van der Waals surface area contributed by atoms with Crippen molar-refractivity contribution in [1.29, 1.82) is 0 Å². The van der Waals surface area contributed by atoms with Crippen LogP contribution < -0.4 is 9.62 Å². The molecule has 2 aromatic rings. The van der Waals surface area contributed by atoms with E-state index in [1.165, 1.54) is 9.21 Å². The van der Waals surface area contributed by atoms with Crippen molar-refractivity contribution in [2.75, 3.05) is 23.7 Å². The second kappa shape index (κ2) is 13.1. The van der Waals surface area contributed by atoms with Gasteiger partial charge in [-0.2, -0.15) is 0 Å². The zero-order valence-corrected chi connectivity index (χ0v) is 22.8. The Hall–Kier alpha value is -2.29. The summed E-state index contributed by atoms with van der Waals surface area (Å²) in [5, 5.41) is 3.83. The Morgan fingerprint density at radius 3 is 2.20 bits per heavy atom. The van der Waals surface area contributed by atoms with E-state index < -0.39 is 16.1 Å². The maximum atomic E-state index is 13.3. The zero-order chi connectivity index (χ0) is 26.2. The van der Waals surface area contributed by atoms with Gasteiger partial charge in [0.2, 0.25) is 21.8 Å². The highest BCUT2D eigenvalue weighted by Gasteiger charge is 2.26. The number of benzene rings is 2. The van der Waals surface area contributed by atoms with E-state index in [1.807, 2.05) is 19.9 Å². The van der Waals surface area contributed by atoms with Gasteiger partial charge in [-0.3, -0.25) is 13.9 Å². The van der Waals surface area contributed by atoms with Crippen LogP contribution in [0.3, 0.4) is 0 Å². The molecule has 2 aromatic carbocycles. The Morgan fingerprint density at radius 2 is 1.63 bits per heavy atom. The number of rotatable bonds is 12. The Bertz CT molecular complexity index is 1130. The number of sulfonamides is 1. The van der Waals surface area contributed by atoms with Crippen molar-refractivity contribution in [2.24, 2.45) is 5.92 Å². The molecule has 2 amide bonds. The van der Waals surface area contributed by atoms with Crippen LogP contribution in [0.1, 0.15) is 39.2 Å². The second-order valence-electron chi connectivity index (χ2n) is 8.89. The molecule has 10 heteroatoms. The minimum atomic E-state index is -3.58. The molecule has 0 aliphatic rings. The van der Waals surface area contributed by atoms with Crippen LogP contribution in [0, 0.1) is 5.92 Å². The van der Waals surface area contributed by atoms with Crippen LogP contribution in [0.4, 0.5) is 5.69 Å². The summed E-state index contributed by atoms with van der Waals surface area (Å²) in [6.07, 6.45) is 1.45. The lowest BCUT2D eigenvalue weighted by Crippen LogP contribution is -2.48. The monoisotopic (exact) mass is 541 g/mol. The molecule has 1 N–H and O–H groups in total. The number of amides is 2. The Balaban J connectivity index is 2.16. The Labute approximate surface area is 218 Å². The number of carbonyl (C=O) groups is 2. The van der Waals surface area contributed by atoms with Crippen molar-refractivity contribution in [2.45, 2.75) is 46.2 Å². The van der Waals surface area contributed by atoms with E-state index >= 15 is 0 Å². The normalized spacial score (nSPS) is 12.3. The number of nitrogens with zero attached hydrogens (tertiary/aromatic N) is 2. The van der Waals surface area contributed by atoms with Crippen molar-refractivity contribution >= 4 is 50.7 Å². The van der Waals surface area contributed by atoms with Crippen LogP contribution in [-0.4, -0.2) is 50.5 Å². The first-order valence-corrected chi connectivity index (χ1v) is 14.0. The number of anilines is 1. The smallest absolute Gasteiger partial charge is 0.242 e. The molecule has 1 atom stereocenters. The van der Waals surface area contributed by atoms with E-state index in [2.05, 4.69) is 5.32 Å². The summed E-state index contributed by atoms with van der Waals surface area (Å²) in [5.41, 5.74) is 1.23. The number of hydrogen-bond acceptors (Lipinski definition) is 4. The molecule has 0 saturated heterocycles. The zero-order valence-electron chi connectivity index (χ0n) is 20.5. The Morgan fingerprint density at radius 1 is 1.00 bits per heavy atom. The number of halogens is 2. The Kier molecular flexibility index (Phi) is 10.9. The van der Waals surface area contributed by atoms with Gasteiger partial charge in [0, 0.05) is 36.1 Å². The highest BCUT2D eigenvalue weighted by atomic mass is 35.5. The van der Waals surface area contributed by atoms with Crippen molar-refractivity contribution < 1.29 is 18.0 Å². The van der Waals surface area contributed by atoms with Crippen LogP contribution in [0.2, 0.25) is 10.0 Å². The van der Waals surface area contributed by atoms with Gasteiger partial charge < -0.3 is 10.2 Å². The topological polar surface area (TPSA) is 86.8 Å². The van der Waals surface area contributed by atoms with Gasteiger partial charge in [-0.1, -0.05) is 55.2 Å². The molecule has 0 aliphatic carbocycles. The first-order valence-electron chi connectivity index (χ1n) is 11.4. The summed E-state index contributed by atoms with van der Waals surface area (Å²) in [7, 11) is -3.58. The lowest BCUT2D eigenvalue weighted by atomic mass is 10.1. The second-order valence-corrected chi connectivity index (χ2v) is 11.7. The molecule has 0 fully saturated rings. The fraction of sp³-hybridized carbons (Fsp3) is 0.440. The van der Waals surface area contributed by atoms with Gasteiger partial charge in [0.1, 0.15) is 6.04 Å². The standard InChI is InChI=1S/C25H33Cl2N3O4S/c1-18(2)16-28-25(32)19(3)29(17-20-8-5-9-21(26)14-20)24(31)12-7-13-30(35(4,33)34)23-11-6-10-22(27)15-23/h5-6,8-11,14-15,18-19H,7,12-13,16-17H2,1-4H3,(H,28,32)/t19-/m0/s1. The summed E-state index contributed by atoms with van der Waals surface area (Å²) >= 11 is 12.1. The molecule has 192 valence electrons. The van der Waals surface area contributed by atoms with E-state index in [9.17, 15) is 18.0 Å². The minimum Gasteiger partial charge on any atom is -0.354 e. The summed E-state index contributed by atoms with van der Waals surface area (Å²) in [5.74, 6) is -0.223. The van der Waals surface area contributed by atoms with Crippen molar-refractivity contribution in [3.8, 4) is 0 Å². The summed E-state index contributed by atoms with van der Waals surface area (Å²) in [4.78, 5) is 27.5. The molecule has 0 radical (unpaired) electrons. The van der Waals surface area contributed by atoms with Gasteiger partial charge in [-0.15, -0.1) is 0 Å². The molecular weight excluding hydrogens is 509 g/mol. The predicted molar refractivity (Wildman–Crippen MR) is 142 cm³/mol. The molecule has 0 bridgehead atoms. The maximum absolute atomic E-state index is 13.3. The average Bonchev–Trinajstić information content (AvgIpc) is 2.77. The van der Waals surface area contributed by atoms with Gasteiger partial charge in [0.05, 0.1) is 11.9 Å². The van der Waals surface area contributed by atoms with Crippen molar-refractivity contribution in [3.63, 3.8) is 0 Å². The summed E-state index contributed by atoms with van der Waals surface area (Å²) < 4.78 is 26.0. The third-order valence-electron chi connectivity index (χ3n) is 5.34. The van der Waals surface area contributed by atoms with Gasteiger partial charge in [0.15, 0.2) is 0 Å². The third-order valence-corrected chi connectivity index (χ3v) is 7.01. The fourth-order valence-corrected chi connectivity index (χ4v) is 4.86. The molecule has 0 saturated carbocycles. The van der Waals surface area contributed by atoms with Crippen LogP contribution in [-0.2, 0) is 26.2 Å². The van der Waals surface area contributed by atoms with E-state index in [4.69, 9.17) is 23.2 Å². The SMILES string of the molecule is CC(C)CNC(=O)[C@H](C)N(Cc1cccc(Cl)c1)C(=O)CCCN(c1cccc(Cl)c1)S(C)(=O)=O. The quantitative estimate of drug-likeness (QED) is 0.420. The fourth-order valence-electron chi connectivity index (χ4n) is 3.50. The molecule has 0 aromatic heterocycles. The maximum Gasteiger partial charge on any atom is 0.242 e. The van der Waals surface area contributed by atoms with Gasteiger partial charge >= 0.3 is 0 Å². The first-order chi connectivity index (χ1) is 16.4. The van der Waals surface area contributed by atoms with Crippen LogP contribution in [0.25, 0.3) is 0 Å². The molecule has 35 heavy (non-hydrogen) atoms. The van der Waals surface area contributed by atoms with E-state index in [-0.39, 0.29) is 43.7 Å². The minimum absolute atomic E-state index is 0.0644. The third kappa shape index (κ3) is 9.35. The summed E-state index contributed by atoms with van der Waals surface area (Å²) in [6.45, 7) is 6.49. The van der Waals surface area contributed by atoms with Crippen LogP contribution in [0.15, 0.2) is 48.5 Å². The van der Waals surface area contributed by atoms with E-state index in [0.29, 0.717) is 22.3 Å². The predicted octanol–water partition coefficient (Wildman–Crippen LogP) is 4.73.